The van der Waals surface area contributed by atoms with Crippen molar-refractivity contribution in [3.8, 4) is 11.8 Å². The Kier molecular flexibility index (Phi) is 4.72. The Bertz CT molecular complexity index is 660. The van der Waals surface area contributed by atoms with Crippen LogP contribution in [0.15, 0.2) is 71.2 Å². The zero-order valence-corrected chi connectivity index (χ0v) is 11.7. The molecule has 0 atom stereocenters. The lowest BCUT2D eigenvalue weighted by Gasteiger charge is -1.95. The maximum Gasteiger partial charge on any atom is 0.186 e. The van der Waals surface area contributed by atoms with Crippen LogP contribution in [0.5, 0.6) is 0 Å². The van der Waals surface area contributed by atoms with Crippen molar-refractivity contribution in [1.29, 1.82) is 0 Å². The standard InChI is InChI=1S/C17H11BrO/c18-16-11-6-10-15(13-16)17(19)12-5-4-9-14-7-2-1-3-8-14/h1-3,5-8,10-13H/b12-5+. The molecule has 0 saturated heterocycles. The van der Waals surface area contributed by atoms with Crippen molar-refractivity contribution in [3.05, 3.63) is 82.3 Å². The average Bonchev–Trinajstić information content (AvgIpc) is 2.44. The van der Waals surface area contributed by atoms with Gasteiger partial charge in [-0.05, 0) is 36.4 Å². The molecule has 2 aromatic rings. The number of rotatable bonds is 2. The van der Waals surface area contributed by atoms with E-state index in [1.54, 1.807) is 18.2 Å². The second-order valence-corrected chi connectivity index (χ2v) is 4.76. The van der Waals surface area contributed by atoms with E-state index in [1.165, 1.54) is 6.08 Å². The number of halogens is 1. The van der Waals surface area contributed by atoms with Gasteiger partial charge >= 0.3 is 0 Å². The maximum absolute atomic E-state index is 11.8. The van der Waals surface area contributed by atoms with E-state index in [4.69, 9.17) is 0 Å². The number of carbonyl (C=O) groups is 1. The van der Waals surface area contributed by atoms with Crippen LogP contribution in [0, 0.1) is 11.8 Å². The fourth-order valence-corrected chi connectivity index (χ4v) is 1.90. The molecule has 0 spiro atoms. The molecule has 0 aromatic heterocycles. The quantitative estimate of drug-likeness (QED) is 0.460. The minimum Gasteiger partial charge on any atom is -0.289 e. The highest BCUT2D eigenvalue weighted by Gasteiger charge is 2.00. The Hall–Kier alpha value is -2.11. The highest BCUT2D eigenvalue weighted by molar-refractivity contribution is 9.10. The Morgan fingerprint density at radius 2 is 1.84 bits per heavy atom. The molecule has 0 radical (unpaired) electrons. The number of ketones is 1. The van der Waals surface area contributed by atoms with Gasteiger partial charge in [-0.15, -0.1) is 0 Å². The zero-order valence-electron chi connectivity index (χ0n) is 10.1. The van der Waals surface area contributed by atoms with Gasteiger partial charge in [0.25, 0.3) is 0 Å². The zero-order chi connectivity index (χ0) is 13.5. The van der Waals surface area contributed by atoms with Crippen molar-refractivity contribution in [1.82, 2.24) is 0 Å². The molecule has 2 aromatic carbocycles. The van der Waals surface area contributed by atoms with Crippen molar-refractivity contribution < 1.29 is 4.79 Å². The van der Waals surface area contributed by atoms with E-state index in [1.807, 2.05) is 42.5 Å². The molecule has 0 heterocycles. The van der Waals surface area contributed by atoms with E-state index in [-0.39, 0.29) is 5.78 Å². The second kappa shape index (κ2) is 6.72. The van der Waals surface area contributed by atoms with E-state index in [0.29, 0.717) is 5.56 Å². The van der Waals surface area contributed by atoms with Crippen molar-refractivity contribution in [2.75, 3.05) is 0 Å². The van der Waals surface area contributed by atoms with Gasteiger partial charge in [-0.3, -0.25) is 4.79 Å². The molecule has 0 fully saturated rings. The molecule has 0 bridgehead atoms. The van der Waals surface area contributed by atoms with Crippen molar-refractivity contribution in [2.45, 2.75) is 0 Å². The number of allylic oxidation sites excluding steroid dienone is 2. The number of hydrogen-bond acceptors (Lipinski definition) is 1. The molecular weight excluding hydrogens is 300 g/mol. The lowest BCUT2D eigenvalue weighted by molar-refractivity contribution is 0.104. The predicted octanol–water partition coefficient (Wildman–Crippen LogP) is 4.24. The van der Waals surface area contributed by atoms with E-state index in [0.717, 1.165) is 10.0 Å². The normalized spacial score (nSPS) is 9.95. The van der Waals surface area contributed by atoms with Crippen LogP contribution in [0.4, 0.5) is 0 Å². The van der Waals surface area contributed by atoms with E-state index >= 15 is 0 Å². The van der Waals surface area contributed by atoms with Crippen molar-refractivity contribution in [3.63, 3.8) is 0 Å². The number of benzene rings is 2. The highest BCUT2D eigenvalue weighted by atomic mass is 79.9. The predicted molar refractivity (Wildman–Crippen MR) is 80.9 cm³/mol. The Morgan fingerprint density at radius 3 is 2.58 bits per heavy atom. The topological polar surface area (TPSA) is 17.1 Å². The molecular formula is C17H11BrO. The minimum atomic E-state index is -0.0522. The summed E-state index contributed by atoms with van der Waals surface area (Å²) in [5.41, 5.74) is 1.58. The van der Waals surface area contributed by atoms with E-state index in [2.05, 4.69) is 27.8 Å². The summed E-state index contributed by atoms with van der Waals surface area (Å²) in [4.78, 5) is 11.8. The van der Waals surface area contributed by atoms with Crippen LogP contribution in [0.3, 0.4) is 0 Å². The van der Waals surface area contributed by atoms with Gasteiger partial charge in [0.05, 0.1) is 0 Å². The molecule has 2 rings (SSSR count). The largest absolute Gasteiger partial charge is 0.289 e. The first-order valence-corrected chi connectivity index (χ1v) is 6.58. The molecule has 0 aliphatic carbocycles. The third kappa shape index (κ3) is 4.24. The monoisotopic (exact) mass is 310 g/mol. The lowest BCUT2D eigenvalue weighted by atomic mass is 10.1. The molecule has 2 heteroatoms. The van der Waals surface area contributed by atoms with Gasteiger partial charge in [-0.25, -0.2) is 0 Å². The smallest absolute Gasteiger partial charge is 0.186 e. The molecule has 0 amide bonds. The summed E-state index contributed by atoms with van der Waals surface area (Å²) in [7, 11) is 0. The van der Waals surface area contributed by atoms with Crippen LogP contribution < -0.4 is 0 Å². The second-order valence-electron chi connectivity index (χ2n) is 3.84. The highest BCUT2D eigenvalue weighted by Crippen LogP contribution is 2.12. The third-order valence-corrected chi connectivity index (χ3v) is 2.91. The Balaban J connectivity index is 2.04. The first-order chi connectivity index (χ1) is 9.25. The fourth-order valence-electron chi connectivity index (χ4n) is 1.50. The molecule has 1 nitrogen and oxygen atoms in total. The van der Waals surface area contributed by atoms with Gasteiger partial charge in [-0.2, -0.15) is 0 Å². The summed E-state index contributed by atoms with van der Waals surface area (Å²) in [6, 6.07) is 16.9. The van der Waals surface area contributed by atoms with Crippen LogP contribution in [-0.2, 0) is 0 Å². The van der Waals surface area contributed by atoms with Gasteiger partial charge < -0.3 is 0 Å². The number of hydrogen-bond donors (Lipinski definition) is 0. The fraction of sp³-hybridized carbons (Fsp3) is 0. The van der Waals surface area contributed by atoms with Crippen LogP contribution >= 0.6 is 15.9 Å². The molecule has 0 aliphatic heterocycles. The van der Waals surface area contributed by atoms with E-state index in [9.17, 15) is 4.79 Å². The van der Waals surface area contributed by atoms with Gasteiger partial charge in [0.15, 0.2) is 5.78 Å². The first kappa shape index (κ1) is 13.3. The first-order valence-electron chi connectivity index (χ1n) is 5.79. The lowest BCUT2D eigenvalue weighted by Crippen LogP contribution is -1.93. The summed E-state index contributed by atoms with van der Waals surface area (Å²) >= 11 is 3.34. The Morgan fingerprint density at radius 1 is 1.05 bits per heavy atom. The van der Waals surface area contributed by atoms with E-state index < -0.39 is 0 Å². The maximum atomic E-state index is 11.8. The Labute approximate surface area is 121 Å². The van der Waals surface area contributed by atoms with Gasteiger partial charge in [-0.1, -0.05) is 58.1 Å². The van der Waals surface area contributed by atoms with Crippen LogP contribution in [0.25, 0.3) is 0 Å². The third-order valence-electron chi connectivity index (χ3n) is 2.42. The molecule has 0 aliphatic rings. The van der Waals surface area contributed by atoms with Gasteiger partial charge in [0, 0.05) is 15.6 Å². The SMILES string of the molecule is O=C(/C=C/C#Cc1ccccc1)c1cccc(Br)c1. The molecule has 0 saturated carbocycles. The molecule has 19 heavy (non-hydrogen) atoms. The summed E-state index contributed by atoms with van der Waals surface area (Å²) in [5, 5.41) is 0. The molecule has 92 valence electrons. The number of carbonyl (C=O) groups excluding carboxylic acids is 1. The van der Waals surface area contributed by atoms with Gasteiger partial charge in [0.1, 0.15) is 0 Å². The molecule has 0 N–H and O–H groups in total. The summed E-state index contributed by atoms with van der Waals surface area (Å²) in [6.45, 7) is 0. The summed E-state index contributed by atoms with van der Waals surface area (Å²) in [5.74, 6) is 5.77. The summed E-state index contributed by atoms with van der Waals surface area (Å²) < 4.78 is 0.891. The minimum absolute atomic E-state index is 0.0522. The van der Waals surface area contributed by atoms with Crippen molar-refractivity contribution in [2.24, 2.45) is 0 Å². The average molecular weight is 311 g/mol. The van der Waals surface area contributed by atoms with Crippen LogP contribution in [0.1, 0.15) is 15.9 Å². The molecule has 0 unspecified atom stereocenters. The van der Waals surface area contributed by atoms with Gasteiger partial charge in [0.2, 0.25) is 0 Å². The van der Waals surface area contributed by atoms with Crippen molar-refractivity contribution >= 4 is 21.7 Å². The van der Waals surface area contributed by atoms with Crippen LogP contribution in [-0.4, -0.2) is 5.78 Å². The van der Waals surface area contributed by atoms with Crippen LogP contribution in [0.2, 0.25) is 0 Å². The summed E-state index contributed by atoms with van der Waals surface area (Å²) in [6.07, 6.45) is 3.06.